The number of pyridine rings is 1. The van der Waals surface area contributed by atoms with Gasteiger partial charge in [0.05, 0.1) is 23.6 Å². The largest absolute Gasteiger partial charge is 0.444 e. The van der Waals surface area contributed by atoms with Crippen molar-refractivity contribution < 1.29 is 9.53 Å². The van der Waals surface area contributed by atoms with Crippen molar-refractivity contribution in [2.45, 2.75) is 32.9 Å². The monoisotopic (exact) mass is 377 g/mol. The molecule has 122 valence electrons. The first-order valence-electron chi connectivity index (χ1n) is 7.28. The summed E-state index contributed by atoms with van der Waals surface area (Å²) in [5.41, 5.74) is 1.83. The van der Waals surface area contributed by atoms with Crippen molar-refractivity contribution in [3.05, 3.63) is 52.8 Å². The number of amides is 1. The van der Waals surface area contributed by atoms with Crippen LogP contribution in [-0.4, -0.2) is 16.7 Å². The Morgan fingerprint density at radius 3 is 2.48 bits per heavy atom. The van der Waals surface area contributed by atoms with Crippen LogP contribution in [0, 0.1) is 0 Å². The van der Waals surface area contributed by atoms with Gasteiger partial charge in [0.25, 0.3) is 0 Å². The van der Waals surface area contributed by atoms with Crippen LogP contribution in [-0.2, 0) is 11.3 Å². The summed E-state index contributed by atoms with van der Waals surface area (Å²) in [5, 5.41) is 6.03. The zero-order chi connectivity index (χ0) is 16.9. The minimum absolute atomic E-state index is 0.479. The molecule has 1 amide bonds. The van der Waals surface area contributed by atoms with E-state index in [1.54, 1.807) is 0 Å². The van der Waals surface area contributed by atoms with E-state index in [1.807, 2.05) is 63.2 Å². The van der Waals surface area contributed by atoms with Crippen molar-refractivity contribution in [3.8, 4) is 0 Å². The fraction of sp³-hybridized carbons (Fsp3) is 0.294. The quantitative estimate of drug-likeness (QED) is 0.750. The smallest absolute Gasteiger partial charge is 0.412 e. The zero-order valence-corrected chi connectivity index (χ0v) is 15.0. The van der Waals surface area contributed by atoms with Crippen molar-refractivity contribution in [2.24, 2.45) is 0 Å². The minimum Gasteiger partial charge on any atom is -0.444 e. The van der Waals surface area contributed by atoms with E-state index < -0.39 is 11.7 Å². The number of rotatable bonds is 4. The number of aromatic nitrogens is 1. The standard InChI is InChI=1S/C17H20BrN3O2/c1-17(2,3)23-16(22)21-14-9-5-4-8-13(14)19-11-12-7-6-10-15(18)20-12/h4-10,19H,11H2,1-3H3,(H,21,22). The van der Waals surface area contributed by atoms with Crippen molar-refractivity contribution >= 4 is 33.4 Å². The highest BCUT2D eigenvalue weighted by Crippen LogP contribution is 2.22. The molecule has 23 heavy (non-hydrogen) atoms. The van der Waals surface area contributed by atoms with Gasteiger partial charge in [0.15, 0.2) is 0 Å². The van der Waals surface area contributed by atoms with Gasteiger partial charge in [-0.3, -0.25) is 5.32 Å². The van der Waals surface area contributed by atoms with Crippen molar-refractivity contribution in [3.63, 3.8) is 0 Å². The van der Waals surface area contributed by atoms with E-state index in [2.05, 4.69) is 31.5 Å². The molecular formula is C17H20BrN3O2. The van der Waals surface area contributed by atoms with Gasteiger partial charge in [0, 0.05) is 0 Å². The number of carbonyl (C=O) groups excluding carboxylic acids is 1. The molecule has 1 heterocycles. The van der Waals surface area contributed by atoms with E-state index in [9.17, 15) is 4.79 Å². The molecule has 0 radical (unpaired) electrons. The zero-order valence-electron chi connectivity index (χ0n) is 13.4. The second-order valence-corrected chi connectivity index (χ2v) is 6.79. The highest BCUT2D eigenvalue weighted by Gasteiger charge is 2.17. The molecule has 2 rings (SSSR count). The van der Waals surface area contributed by atoms with E-state index in [4.69, 9.17) is 4.74 Å². The Morgan fingerprint density at radius 1 is 1.13 bits per heavy atom. The van der Waals surface area contributed by atoms with Crippen molar-refractivity contribution in [1.82, 2.24) is 4.98 Å². The Hall–Kier alpha value is -2.08. The molecular weight excluding hydrogens is 358 g/mol. The number of hydrogen-bond donors (Lipinski definition) is 2. The second-order valence-electron chi connectivity index (χ2n) is 5.98. The highest BCUT2D eigenvalue weighted by molar-refractivity contribution is 9.10. The fourth-order valence-electron chi connectivity index (χ4n) is 1.89. The van der Waals surface area contributed by atoms with Crippen molar-refractivity contribution in [2.75, 3.05) is 10.6 Å². The van der Waals surface area contributed by atoms with Crippen molar-refractivity contribution in [1.29, 1.82) is 0 Å². The third-order valence-electron chi connectivity index (χ3n) is 2.80. The lowest BCUT2D eigenvalue weighted by atomic mass is 10.2. The first-order valence-corrected chi connectivity index (χ1v) is 8.07. The van der Waals surface area contributed by atoms with Gasteiger partial charge in [-0.15, -0.1) is 0 Å². The van der Waals surface area contributed by atoms with Crippen LogP contribution in [0.25, 0.3) is 0 Å². The lowest BCUT2D eigenvalue weighted by Crippen LogP contribution is -2.27. The topological polar surface area (TPSA) is 63.2 Å². The number of nitrogens with one attached hydrogen (secondary N) is 2. The minimum atomic E-state index is -0.535. The van der Waals surface area contributed by atoms with E-state index in [-0.39, 0.29) is 0 Å². The molecule has 2 aromatic rings. The predicted molar refractivity (Wildman–Crippen MR) is 95.6 cm³/mol. The first kappa shape index (κ1) is 17.3. The first-order chi connectivity index (χ1) is 10.8. The summed E-state index contributed by atoms with van der Waals surface area (Å²) in [6.45, 7) is 6.04. The second kappa shape index (κ2) is 7.46. The maximum absolute atomic E-state index is 11.9. The summed E-state index contributed by atoms with van der Waals surface area (Å²) in [5.74, 6) is 0. The highest BCUT2D eigenvalue weighted by atomic mass is 79.9. The van der Waals surface area contributed by atoms with Gasteiger partial charge in [0.2, 0.25) is 0 Å². The molecule has 0 fully saturated rings. The average molecular weight is 378 g/mol. The third kappa shape index (κ3) is 5.90. The maximum Gasteiger partial charge on any atom is 0.412 e. The average Bonchev–Trinajstić information content (AvgIpc) is 2.44. The van der Waals surface area contributed by atoms with Gasteiger partial charge in [-0.2, -0.15) is 0 Å². The number of para-hydroxylation sites is 2. The van der Waals surface area contributed by atoms with E-state index in [1.165, 1.54) is 0 Å². The van der Waals surface area contributed by atoms with Gasteiger partial charge < -0.3 is 10.1 Å². The molecule has 6 heteroatoms. The van der Waals surface area contributed by atoms with Gasteiger partial charge in [-0.1, -0.05) is 18.2 Å². The van der Waals surface area contributed by atoms with Crippen LogP contribution < -0.4 is 10.6 Å². The molecule has 2 N–H and O–H groups in total. The van der Waals surface area contributed by atoms with Crippen LogP contribution >= 0.6 is 15.9 Å². The Labute approximate surface area is 144 Å². The summed E-state index contributed by atoms with van der Waals surface area (Å²) >= 11 is 3.35. The van der Waals surface area contributed by atoms with Crippen LogP contribution in [0.3, 0.4) is 0 Å². The molecule has 0 aliphatic rings. The molecule has 5 nitrogen and oxygen atoms in total. The van der Waals surface area contributed by atoms with Gasteiger partial charge in [0.1, 0.15) is 10.2 Å². The summed E-state index contributed by atoms with van der Waals surface area (Å²) in [7, 11) is 0. The molecule has 0 aliphatic carbocycles. The SMILES string of the molecule is CC(C)(C)OC(=O)Nc1ccccc1NCc1cccc(Br)n1. The van der Waals surface area contributed by atoms with E-state index >= 15 is 0 Å². The Kier molecular flexibility index (Phi) is 5.60. The number of anilines is 2. The molecule has 0 saturated heterocycles. The van der Waals surface area contributed by atoms with Crippen LogP contribution in [0.4, 0.5) is 16.2 Å². The lowest BCUT2D eigenvalue weighted by Gasteiger charge is -2.20. The van der Waals surface area contributed by atoms with Crippen LogP contribution in [0.2, 0.25) is 0 Å². The number of benzene rings is 1. The van der Waals surface area contributed by atoms with Crippen LogP contribution in [0.5, 0.6) is 0 Å². The molecule has 1 aromatic carbocycles. The Morgan fingerprint density at radius 2 is 1.83 bits per heavy atom. The van der Waals surface area contributed by atoms with Crippen LogP contribution in [0.1, 0.15) is 26.5 Å². The summed E-state index contributed by atoms with van der Waals surface area (Å²) in [6, 6.07) is 13.2. The molecule has 0 aliphatic heterocycles. The van der Waals surface area contributed by atoms with Gasteiger partial charge >= 0.3 is 6.09 Å². The normalized spacial score (nSPS) is 11.0. The van der Waals surface area contributed by atoms with Crippen LogP contribution in [0.15, 0.2) is 47.1 Å². The molecule has 0 bridgehead atoms. The molecule has 0 atom stereocenters. The molecule has 0 spiro atoms. The predicted octanol–water partition coefficient (Wildman–Crippen LogP) is 4.80. The summed E-state index contributed by atoms with van der Waals surface area (Å²) in [6.07, 6.45) is -0.479. The lowest BCUT2D eigenvalue weighted by molar-refractivity contribution is 0.0636. The van der Waals surface area contributed by atoms with Gasteiger partial charge in [-0.05, 0) is 61.0 Å². The number of nitrogens with zero attached hydrogens (tertiary/aromatic N) is 1. The summed E-state index contributed by atoms with van der Waals surface area (Å²) in [4.78, 5) is 16.3. The number of halogens is 1. The summed E-state index contributed by atoms with van der Waals surface area (Å²) < 4.78 is 6.07. The van der Waals surface area contributed by atoms with Gasteiger partial charge in [-0.25, -0.2) is 9.78 Å². The van der Waals surface area contributed by atoms with E-state index in [0.29, 0.717) is 12.2 Å². The Bertz CT molecular complexity index is 684. The Balaban J connectivity index is 2.04. The fourth-order valence-corrected chi connectivity index (χ4v) is 2.27. The van der Waals surface area contributed by atoms with E-state index in [0.717, 1.165) is 16.0 Å². The maximum atomic E-state index is 11.9. The number of ether oxygens (including phenoxy) is 1. The molecule has 0 unspecified atom stereocenters. The number of carbonyl (C=O) groups is 1. The molecule has 1 aromatic heterocycles. The molecule has 0 saturated carbocycles. The number of hydrogen-bond acceptors (Lipinski definition) is 4. The third-order valence-corrected chi connectivity index (χ3v) is 3.24.